The summed E-state index contributed by atoms with van der Waals surface area (Å²) in [4.78, 5) is 1.95. The molecular weight excluding hydrogens is 344 g/mol. The Morgan fingerprint density at radius 3 is 2.52 bits per heavy atom. The molecule has 4 nitrogen and oxygen atoms in total. The molecule has 2 rings (SSSR count). The van der Waals surface area contributed by atoms with Crippen LogP contribution in [0.1, 0.15) is 17.4 Å². The van der Waals surface area contributed by atoms with E-state index in [1.165, 1.54) is 12.3 Å². The highest BCUT2D eigenvalue weighted by atomic mass is 79.9. The quantitative estimate of drug-likeness (QED) is 0.891. The molecule has 0 aliphatic heterocycles. The number of hydrogen-bond donors (Lipinski definition) is 1. The van der Waals surface area contributed by atoms with Gasteiger partial charge in [-0.25, -0.2) is 8.78 Å². The van der Waals surface area contributed by atoms with Crippen LogP contribution in [0.2, 0.25) is 0 Å². The molecule has 0 amide bonds. The van der Waals surface area contributed by atoms with Gasteiger partial charge in [0.2, 0.25) is 0 Å². The number of aliphatic hydroxyl groups excluding tert-OH is 1. The third kappa shape index (κ3) is 3.48. The molecule has 114 valence electrons. The van der Waals surface area contributed by atoms with Crippen molar-refractivity contribution in [1.82, 2.24) is 14.7 Å². The maximum Gasteiger partial charge on any atom is 0.132 e. The number of benzene rings is 1. The van der Waals surface area contributed by atoms with Gasteiger partial charge < -0.3 is 10.0 Å². The number of rotatable bonds is 5. The lowest BCUT2D eigenvalue weighted by atomic mass is 10.1. The van der Waals surface area contributed by atoms with Gasteiger partial charge in [0.05, 0.1) is 28.5 Å². The average molecular weight is 360 g/mol. The molecule has 1 aromatic heterocycles. The highest BCUT2D eigenvalue weighted by molar-refractivity contribution is 9.10. The van der Waals surface area contributed by atoms with Crippen LogP contribution < -0.4 is 0 Å². The van der Waals surface area contributed by atoms with E-state index < -0.39 is 17.7 Å². The molecule has 1 unspecified atom stereocenters. The molecule has 0 saturated heterocycles. The molecule has 1 atom stereocenters. The molecule has 0 bridgehead atoms. The van der Waals surface area contributed by atoms with Gasteiger partial charge in [0.25, 0.3) is 0 Å². The van der Waals surface area contributed by atoms with Crippen LogP contribution in [0.25, 0.3) is 0 Å². The zero-order chi connectivity index (χ0) is 15.6. The van der Waals surface area contributed by atoms with Crippen LogP contribution in [-0.2, 0) is 6.54 Å². The monoisotopic (exact) mass is 359 g/mol. The number of hydrogen-bond acceptors (Lipinski definition) is 3. The van der Waals surface area contributed by atoms with Crippen molar-refractivity contribution in [3.63, 3.8) is 0 Å². The molecule has 2 aromatic rings. The Labute approximate surface area is 130 Å². The largest absolute Gasteiger partial charge is 0.382 e. The maximum atomic E-state index is 13.8. The summed E-state index contributed by atoms with van der Waals surface area (Å²) in [6.07, 6.45) is 0.0812. The van der Waals surface area contributed by atoms with Crippen molar-refractivity contribution in [2.24, 2.45) is 0 Å². The topological polar surface area (TPSA) is 41.3 Å². The Kier molecular flexibility index (Phi) is 5.08. The number of nitrogens with zero attached hydrogens (tertiary/aromatic N) is 3. The molecular formula is C14H16BrF2N3O. The number of aromatic nitrogens is 2. The van der Waals surface area contributed by atoms with E-state index >= 15 is 0 Å². The van der Waals surface area contributed by atoms with E-state index in [2.05, 4.69) is 21.0 Å². The fourth-order valence-corrected chi connectivity index (χ4v) is 2.54. The van der Waals surface area contributed by atoms with Gasteiger partial charge in [-0.05, 0) is 42.2 Å². The first-order valence-corrected chi connectivity index (χ1v) is 7.19. The molecule has 0 fully saturated rings. The Morgan fingerprint density at radius 2 is 1.95 bits per heavy atom. The minimum Gasteiger partial charge on any atom is -0.382 e. The first kappa shape index (κ1) is 16.1. The van der Waals surface area contributed by atoms with Crippen molar-refractivity contribution in [2.75, 3.05) is 20.6 Å². The normalized spacial score (nSPS) is 12.9. The lowest BCUT2D eigenvalue weighted by Gasteiger charge is -2.17. The van der Waals surface area contributed by atoms with E-state index in [9.17, 15) is 13.9 Å². The van der Waals surface area contributed by atoms with Crippen molar-refractivity contribution in [1.29, 1.82) is 0 Å². The van der Waals surface area contributed by atoms with Gasteiger partial charge in [-0.15, -0.1) is 0 Å². The molecule has 7 heteroatoms. The summed E-state index contributed by atoms with van der Waals surface area (Å²) in [6.45, 7) is 1.19. The lowest BCUT2D eigenvalue weighted by molar-refractivity contribution is 0.194. The van der Waals surface area contributed by atoms with E-state index in [0.29, 0.717) is 23.3 Å². The third-order valence-corrected chi connectivity index (χ3v) is 3.74. The van der Waals surface area contributed by atoms with Gasteiger partial charge in [-0.2, -0.15) is 5.10 Å². The van der Waals surface area contributed by atoms with E-state index in [0.717, 1.165) is 12.1 Å². The predicted octanol–water partition coefficient (Wildman–Crippen LogP) is 2.57. The Morgan fingerprint density at radius 1 is 1.33 bits per heavy atom. The SMILES string of the molecule is CN(C)CCn1ncc(Br)c1C(O)c1c(F)cccc1F. The Hall–Kier alpha value is -1.31. The van der Waals surface area contributed by atoms with Crippen LogP contribution in [0.3, 0.4) is 0 Å². The Bertz CT molecular complexity index is 610. The van der Waals surface area contributed by atoms with Crippen molar-refractivity contribution >= 4 is 15.9 Å². The summed E-state index contributed by atoms with van der Waals surface area (Å²) in [5.41, 5.74) is -0.0364. The zero-order valence-electron chi connectivity index (χ0n) is 11.7. The second kappa shape index (κ2) is 6.64. The first-order valence-electron chi connectivity index (χ1n) is 6.39. The first-order chi connectivity index (χ1) is 9.91. The summed E-state index contributed by atoms with van der Waals surface area (Å²) in [6, 6.07) is 3.51. The van der Waals surface area contributed by atoms with Gasteiger partial charge in [0.15, 0.2) is 0 Å². The highest BCUT2D eigenvalue weighted by Gasteiger charge is 2.25. The van der Waals surface area contributed by atoms with Gasteiger partial charge in [0.1, 0.15) is 17.7 Å². The van der Waals surface area contributed by atoms with Crippen LogP contribution in [0.15, 0.2) is 28.9 Å². The van der Waals surface area contributed by atoms with Gasteiger partial charge in [0, 0.05) is 6.54 Å². The standard InChI is InChI=1S/C14H16BrF2N3O/c1-19(2)6-7-20-13(9(15)8-18-20)14(21)12-10(16)4-3-5-11(12)17/h3-5,8,14,21H,6-7H2,1-2H3. The van der Waals surface area contributed by atoms with Crippen molar-refractivity contribution < 1.29 is 13.9 Å². The summed E-state index contributed by atoms with van der Waals surface area (Å²) < 4.78 is 29.7. The van der Waals surface area contributed by atoms with E-state index in [1.807, 2.05) is 19.0 Å². The molecule has 1 heterocycles. The van der Waals surface area contributed by atoms with Crippen molar-refractivity contribution in [3.05, 3.63) is 51.8 Å². The average Bonchev–Trinajstić information content (AvgIpc) is 2.77. The molecule has 1 aromatic carbocycles. The minimum absolute atomic E-state index is 0.334. The molecule has 0 aliphatic carbocycles. The van der Waals surface area contributed by atoms with Crippen LogP contribution >= 0.6 is 15.9 Å². The molecule has 21 heavy (non-hydrogen) atoms. The summed E-state index contributed by atoms with van der Waals surface area (Å²) >= 11 is 3.27. The highest BCUT2D eigenvalue weighted by Crippen LogP contribution is 2.31. The number of halogens is 3. The molecule has 1 N–H and O–H groups in total. The smallest absolute Gasteiger partial charge is 0.132 e. The number of likely N-dealkylation sites (N-methyl/N-ethyl adjacent to an activating group) is 1. The van der Waals surface area contributed by atoms with Gasteiger partial charge >= 0.3 is 0 Å². The third-order valence-electron chi connectivity index (χ3n) is 3.12. The van der Waals surface area contributed by atoms with Crippen LogP contribution in [0.5, 0.6) is 0 Å². The fourth-order valence-electron chi connectivity index (χ4n) is 2.03. The van der Waals surface area contributed by atoms with Crippen LogP contribution in [0, 0.1) is 11.6 Å². The number of aliphatic hydroxyl groups is 1. The van der Waals surface area contributed by atoms with Gasteiger partial charge in [-0.3, -0.25) is 4.68 Å². The van der Waals surface area contributed by atoms with E-state index in [1.54, 1.807) is 4.68 Å². The van der Waals surface area contributed by atoms with Crippen LogP contribution in [-0.4, -0.2) is 40.4 Å². The fraction of sp³-hybridized carbons (Fsp3) is 0.357. The molecule has 0 radical (unpaired) electrons. The van der Waals surface area contributed by atoms with E-state index in [4.69, 9.17) is 0 Å². The van der Waals surface area contributed by atoms with Gasteiger partial charge in [-0.1, -0.05) is 6.07 Å². The zero-order valence-corrected chi connectivity index (χ0v) is 13.3. The Balaban J connectivity index is 2.39. The molecule has 0 aliphatic rings. The molecule has 0 spiro atoms. The van der Waals surface area contributed by atoms with E-state index in [-0.39, 0.29) is 5.56 Å². The second-order valence-corrected chi connectivity index (χ2v) is 5.80. The van der Waals surface area contributed by atoms with Crippen LogP contribution in [0.4, 0.5) is 8.78 Å². The summed E-state index contributed by atoms with van der Waals surface area (Å²) in [5.74, 6) is -1.57. The molecule has 0 saturated carbocycles. The summed E-state index contributed by atoms with van der Waals surface area (Å²) in [5, 5.41) is 14.5. The van der Waals surface area contributed by atoms with Crippen molar-refractivity contribution in [3.8, 4) is 0 Å². The predicted molar refractivity (Wildman–Crippen MR) is 78.9 cm³/mol. The second-order valence-electron chi connectivity index (χ2n) is 4.94. The maximum absolute atomic E-state index is 13.8. The summed E-state index contributed by atoms with van der Waals surface area (Å²) in [7, 11) is 3.82. The lowest BCUT2D eigenvalue weighted by Crippen LogP contribution is -2.21. The minimum atomic E-state index is -1.43. The van der Waals surface area contributed by atoms with Crippen molar-refractivity contribution in [2.45, 2.75) is 12.6 Å².